The molecule has 7 heteroatoms. The molecule has 0 aliphatic heterocycles. The molecule has 1 aliphatic rings. The summed E-state index contributed by atoms with van der Waals surface area (Å²) in [5.74, 6) is 0.452. The number of nitrogens with one attached hydrogen (secondary N) is 1. The fraction of sp³-hybridized carbons (Fsp3) is 0.643. The summed E-state index contributed by atoms with van der Waals surface area (Å²) in [6, 6.07) is -0.517. The van der Waals surface area contributed by atoms with Crippen LogP contribution in [0, 0.1) is 5.92 Å². The molecule has 1 atom stereocenters. The van der Waals surface area contributed by atoms with Gasteiger partial charge >= 0.3 is 0 Å². The molecule has 21 heavy (non-hydrogen) atoms. The van der Waals surface area contributed by atoms with Crippen molar-refractivity contribution in [1.82, 2.24) is 14.7 Å². The van der Waals surface area contributed by atoms with Crippen molar-refractivity contribution in [3.63, 3.8) is 0 Å². The van der Waals surface area contributed by atoms with Crippen LogP contribution in [0.2, 0.25) is 5.02 Å². The summed E-state index contributed by atoms with van der Waals surface area (Å²) in [6.45, 7) is 4.84. The molecule has 1 amide bonds. The minimum absolute atomic E-state index is 0.0847. The number of anilines is 1. The lowest BCUT2D eigenvalue weighted by Gasteiger charge is -2.21. The molecule has 0 bridgehead atoms. The zero-order valence-electron chi connectivity index (χ0n) is 12.6. The van der Waals surface area contributed by atoms with Crippen molar-refractivity contribution in [3.05, 3.63) is 21.6 Å². The van der Waals surface area contributed by atoms with Crippen molar-refractivity contribution in [2.24, 2.45) is 5.92 Å². The zero-order chi connectivity index (χ0) is 15.6. The first-order valence-electron chi connectivity index (χ1n) is 7.21. The number of amides is 1. The number of aromatic nitrogens is 2. The van der Waals surface area contributed by atoms with Crippen LogP contribution in [0.3, 0.4) is 0 Å². The van der Waals surface area contributed by atoms with E-state index in [2.05, 4.69) is 10.4 Å². The predicted octanol–water partition coefficient (Wildman–Crippen LogP) is 1.59. The molecular weight excluding hydrogens is 292 g/mol. The molecule has 2 rings (SSSR count). The minimum atomic E-state index is -0.517. The number of carbonyl (C=O) groups is 1. The van der Waals surface area contributed by atoms with Crippen molar-refractivity contribution in [1.29, 1.82) is 0 Å². The molecular formula is C14H21ClN4O2. The molecule has 116 valence electrons. The second-order valence-corrected chi connectivity index (χ2v) is 5.92. The first-order valence-corrected chi connectivity index (χ1v) is 7.59. The average Bonchev–Trinajstić information content (AvgIpc) is 3.28. The van der Waals surface area contributed by atoms with Crippen LogP contribution in [0.15, 0.2) is 11.0 Å². The molecule has 6 nitrogen and oxygen atoms in total. The number of hydrogen-bond donors (Lipinski definition) is 1. The van der Waals surface area contributed by atoms with E-state index in [4.69, 9.17) is 11.6 Å². The van der Waals surface area contributed by atoms with E-state index < -0.39 is 6.04 Å². The second-order valence-electron chi connectivity index (χ2n) is 5.52. The first-order chi connectivity index (χ1) is 9.93. The van der Waals surface area contributed by atoms with Gasteiger partial charge in [0, 0.05) is 20.1 Å². The fourth-order valence-corrected chi connectivity index (χ4v) is 2.22. The fourth-order valence-electron chi connectivity index (χ4n) is 2.04. The Hall–Kier alpha value is -1.56. The SMILES string of the molecule is CCN(C)C(=O)C(C)Nc1c(Cl)cnn(CC2CC2)c1=O. The van der Waals surface area contributed by atoms with Crippen molar-refractivity contribution >= 4 is 23.2 Å². The van der Waals surface area contributed by atoms with Gasteiger partial charge in [0.25, 0.3) is 5.56 Å². The third kappa shape index (κ3) is 3.75. The molecule has 1 heterocycles. The maximum atomic E-state index is 12.4. The predicted molar refractivity (Wildman–Crippen MR) is 82.6 cm³/mol. The normalized spacial score (nSPS) is 15.6. The van der Waals surface area contributed by atoms with Gasteiger partial charge in [-0.3, -0.25) is 9.59 Å². The van der Waals surface area contributed by atoms with Gasteiger partial charge in [-0.2, -0.15) is 5.10 Å². The molecule has 1 aromatic heterocycles. The Morgan fingerprint density at radius 1 is 1.62 bits per heavy atom. The van der Waals surface area contributed by atoms with Gasteiger partial charge in [0.15, 0.2) is 0 Å². The van der Waals surface area contributed by atoms with E-state index in [0.29, 0.717) is 19.0 Å². The van der Waals surface area contributed by atoms with Crippen LogP contribution in [-0.2, 0) is 11.3 Å². The van der Waals surface area contributed by atoms with E-state index in [1.54, 1.807) is 18.9 Å². The van der Waals surface area contributed by atoms with Crippen LogP contribution in [0.1, 0.15) is 26.7 Å². The highest BCUT2D eigenvalue weighted by Gasteiger charge is 2.24. The third-order valence-corrected chi connectivity index (χ3v) is 3.99. The lowest BCUT2D eigenvalue weighted by atomic mass is 10.2. The molecule has 1 aliphatic carbocycles. The Balaban J connectivity index is 2.18. The highest BCUT2D eigenvalue weighted by molar-refractivity contribution is 6.33. The molecule has 1 N–H and O–H groups in total. The summed E-state index contributed by atoms with van der Waals surface area (Å²) in [4.78, 5) is 26.0. The van der Waals surface area contributed by atoms with Gasteiger partial charge in [-0.05, 0) is 32.6 Å². The van der Waals surface area contributed by atoms with Gasteiger partial charge in [-0.1, -0.05) is 11.6 Å². The summed E-state index contributed by atoms with van der Waals surface area (Å²) in [7, 11) is 1.72. The summed E-state index contributed by atoms with van der Waals surface area (Å²) in [5, 5.41) is 7.23. The molecule has 1 unspecified atom stereocenters. The molecule has 1 aromatic rings. The Morgan fingerprint density at radius 3 is 2.86 bits per heavy atom. The number of halogens is 1. The second kappa shape index (κ2) is 6.47. The summed E-state index contributed by atoms with van der Waals surface area (Å²) >= 11 is 6.05. The lowest BCUT2D eigenvalue weighted by molar-refractivity contribution is -0.130. The summed E-state index contributed by atoms with van der Waals surface area (Å²) in [5.41, 5.74) is -0.0223. The maximum Gasteiger partial charge on any atom is 0.291 e. The number of rotatable bonds is 6. The maximum absolute atomic E-state index is 12.4. The van der Waals surface area contributed by atoms with E-state index in [1.165, 1.54) is 10.9 Å². The van der Waals surface area contributed by atoms with E-state index in [1.807, 2.05) is 6.92 Å². The van der Waals surface area contributed by atoms with Gasteiger partial charge in [-0.25, -0.2) is 4.68 Å². The van der Waals surface area contributed by atoms with Gasteiger partial charge in [0.1, 0.15) is 11.7 Å². The minimum Gasteiger partial charge on any atom is -0.368 e. The standard InChI is InChI=1S/C14H21ClN4O2/c1-4-18(3)13(20)9(2)17-12-11(15)7-16-19(14(12)21)8-10-5-6-10/h7,9-10,17H,4-6,8H2,1-3H3. The van der Waals surface area contributed by atoms with Crippen molar-refractivity contribution in [2.45, 2.75) is 39.3 Å². The topological polar surface area (TPSA) is 67.2 Å². The number of hydrogen-bond acceptors (Lipinski definition) is 4. The van der Waals surface area contributed by atoms with Gasteiger partial charge in [0.2, 0.25) is 5.91 Å². The number of carbonyl (C=O) groups excluding carboxylic acids is 1. The highest BCUT2D eigenvalue weighted by atomic mass is 35.5. The summed E-state index contributed by atoms with van der Waals surface area (Å²) < 4.78 is 1.42. The smallest absolute Gasteiger partial charge is 0.291 e. The van der Waals surface area contributed by atoms with Crippen LogP contribution in [0.4, 0.5) is 5.69 Å². The Morgan fingerprint density at radius 2 is 2.29 bits per heavy atom. The van der Waals surface area contributed by atoms with Crippen LogP contribution >= 0.6 is 11.6 Å². The van der Waals surface area contributed by atoms with Gasteiger partial charge in [0.05, 0.1) is 11.2 Å². The molecule has 0 spiro atoms. The van der Waals surface area contributed by atoms with E-state index in [-0.39, 0.29) is 22.2 Å². The molecule has 1 fully saturated rings. The zero-order valence-corrected chi connectivity index (χ0v) is 13.4. The van der Waals surface area contributed by atoms with Crippen LogP contribution in [-0.4, -0.2) is 40.2 Å². The largest absolute Gasteiger partial charge is 0.368 e. The Labute approximate surface area is 129 Å². The van der Waals surface area contributed by atoms with E-state index in [9.17, 15) is 9.59 Å². The number of nitrogens with zero attached hydrogens (tertiary/aromatic N) is 3. The van der Waals surface area contributed by atoms with Crippen molar-refractivity contribution in [2.75, 3.05) is 18.9 Å². The third-order valence-electron chi connectivity index (χ3n) is 3.71. The van der Waals surface area contributed by atoms with Crippen molar-refractivity contribution in [3.8, 4) is 0 Å². The molecule has 0 aromatic carbocycles. The molecule has 1 saturated carbocycles. The van der Waals surface area contributed by atoms with Crippen molar-refractivity contribution < 1.29 is 4.79 Å². The quantitative estimate of drug-likeness (QED) is 0.866. The molecule has 0 radical (unpaired) electrons. The van der Waals surface area contributed by atoms with Crippen LogP contribution in [0.25, 0.3) is 0 Å². The lowest BCUT2D eigenvalue weighted by Crippen LogP contribution is -2.40. The Kier molecular flexibility index (Phi) is 4.88. The van der Waals surface area contributed by atoms with Gasteiger partial charge in [-0.15, -0.1) is 0 Å². The van der Waals surface area contributed by atoms with E-state index in [0.717, 1.165) is 12.8 Å². The molecule has 0 saturated heterocycles. The Bertz CT molecular complexity index is 583. The average molecular weight is 313 g/mol. The highest BCUT2D eigenvalue weighted by Crippen LogP contribution is 2.30. The van der Waals surface area contributed by atoms with Gasteiger partial charge < -0.3 is 10.2 Å². The first kappa shape index (κ1) is 15.8. The summed E-state index contributed by atoms with van der Waals surface area (Å²) in [6.07, 6.45) is 3.72. The van der Waals surface area contributed by atoms with E-state index >= 15 is 0 Å². The van der Waals surface area contributed by atoms with Crippen LogP contribution in [0.5, 0.6) is 0 Å². The number of likely N-dealkylation sites (N-methyl/N-ethyl adjacent to an activating group) is 1. The monoisotopic (exact) mass is 312 g/mol. The van der Waals surface area contributed by atoms with Crippen LogP contribution < -0.4 is 10.9 Å².